The molecule has 3 atom stereocenters. The molecule has 1 heterocycles. The van der Waals surface area contributed by atoms with E-state index >= 15 is 0 Å². The molecule has 2 rings (SSSR count). The summed E-state index contributed by atoms with van der Waals surface area (Å²) in [6.45, 7) is 9.67. The van der Waals surface area contributed by atoms with Gasteiger partial charge < -0.3 is 5.73 Å². The zero-order chi connectivity index (χ0) is 13.9. The van der Waals surface area contributed by atoms with Crippen molar-refractivity contribution in [3.05, 3.63) is 0 Å². The van der Waals surface area contributed by atoms with Crippen LogP contribution in [0.2, 0.25) is 0 Å². The van der Waals surface area contributed by atoms with Gasteiger partial charge in [0.05, 0.1) is 0 Å². The van der Waals surface area contributed by atoms with Crippen molar-refractivity contribution >= 4 is 0 Å². The molecule has 0 aromatic carbocycles. The van der Waals surface area contributed by atoms with Crippen molar-refractivity contribution in [3.8, 4) is 0 Å². The Morgan fingerprint density at radius 1 is 1.11 bits per heavy atom. The average Bonchev–Trinajstić information content (AvgIpc) is 2.95. The molecule has 2 fully saturated rings. The summed E-state index contributed by atoms with van der Waals surface area (Å²) in [5.41, 5.74) is 7.13. The van der Waals surface area contributed by atoms with Gasteiger partial charge >= 0.3 is 0 Å². The van der Waals surface area contributed by atoms with Crippen molar-refractivity contribution in [3.63, 3.8) is 0 Å². The summed E-state index contributed by atoms with van der Waals surface area (Å²) in [4.78, 5) is 2.73. The summed E-state index contributed by atoms with van der Waals surface area (Å²) in [5.74, 6) is 1.64. The number of nitrogens with two attached hydrogens (primary N) is 1. The minimum Gasteiger partial charge on any atom is -0.326 e. The molecular formula is C17H34N2. The molecule has 2 nitrogen and oxygen atoms in total. The molecule has 19 heavy (non-hydrogen) atoms. The van der Waals surface area contributed by atoms with Crippen LogP contribution in [0.25, 0.3) is 0 Å². The lowest BCUT2D eigenvalue weighted by Crippen LogP contribution is -2.61. The topological polar surface area (TPSA) is 29.3 Å². The van der Waals surface area contributed by atoms with Crippen LogP contribution >= 0.6 is 0 Å². The highest BCUT2D eigenvalue weighted by atomic mass is 15.2. The normalized spacial score (nSPS) is 31.6. The molecule has 2 heteroatoms. The van der Waals surface area contributed by atoms with E-state index in [1.165, 1.54) is 64.5 Å². The molecule has 1 saturated heterocycles. The molecule has 1 aliphatic carbocycles. The second-order valence-electron chi connectivity index (χ2n) is 7.06. The van der Waals surface area contributed by atoms with E-state index < -0.39 is 0 Å². The van der Waals surface area contributed by atoms with Crippen LogP contribution in [0.1, 0.15) is 72.1 Å². The van der Waals surface area contributed by atoms with E-state index in [4.69, 9.17) is 5.73 Å². The highest BCUT2D eigenvalue weighted by Gasteiger charge is 2.44. The Morgan fingerprint density at radius 3 is 2.26 bits per heavy atom. The SMILES string of the molecule is CCC(CC)(C(N)C1CCCC(C)C1)N1CCCC1. The first kappa shape index (κ1) is 15.3. The van der Waals surface area contributed by atoms with Crippen LogP contribution in [0.5, 0.6) is 0 Å². The Bertz CT molecular complexity index is 266. The Labute approximate surface area is 120 Å². The smallest absolute Gasteiger partial charge is 0.0357 e. The summed E-state index contributed by atoms with van der Waals surface area (Å²) < 4.78 is 0. The number of rotatable bonds is 5. The highest BCUT2D eigenvalue weighted by molar-refractivity contribution is 5.02. The summed E-state index contributed by atoms with van der Waals surface area (Å²) >= 11 is 0. The van der Waals surface area contributed by atoms with Crippen LogP contribution in [-0.4, -0.2) is 29.6 Å². The third kappa shape index (κ3) is 3.00. The molecule has 1 saturated carbocycles. The molecule has 0 radical (unpaired) electrons. The van der Waals surface area contributed by atoms with Gasteiger partial charge in [-0.1, -0.05) is 33.6 Å². The second kappa shape index (κ2) is 6.58. The van der Waals surface area contributed by atoms with Crippen molar-refractivity contribution in [2.24, 2.45) is 17.6 Å². The van der Waals surface area contributed by atoms with Crippen molar-refractivity contribution < 1.29 is 0 Å². The molecule has 0 amide bonds. The van der Waals surface area contributed by atoms with Gasteiger partial charge in [-0.2, -0.15) is 0 Å². The first-order valence-electron chi connectivity index (χ1n) is 8.64. The van der Waals surface area contributed by atoms with E-state index in [9.17, 15) is 0 Å². The van der Waals surface area contributed by atoms with Gasteiger partial charge in [-0.25, -0.2) is 0 Å². The van der Waals surface area contributed by atoms with Gasteiger partial charge in [0.15, 0.2) is 0 Å². The van der Waals surface area contributed by atoms with Crippen molar-refractivity contribution in [2.75, 3.05) is 13.1 Å². The molecule has 3 unspecified atom stereocenters. The maximum Gasteiger partial charge on any atom is 0.0357 e. The first-order valence-corrected chi connectivity index (χ1v) is 8.64. The molecule has 0 bridgehead atoms. The number of hydrogen-bond acceptors (Lipinski definition) is 2. The summed E-state index contributed by atoms with van der Waals surface area (Å²) in [6, 6.07) is 0.378. The van der Waals surface area contributed by atoms with E-state index in [2.05, 4.69) is 25.7 Å². The van der Waals surface area contributed by atoms with E-state index in [0.29, 0.717) is 6.04 Å². The van der Waals surface area contributed by atoms with Crippen molar-refractivity contribution in [2.45, 2.75) is 83.7 Å². The second-order valence-corrected chi connectivity index (χ2v) is 7.06. The van der Waals surface area contributed by atoms with Crippen LogP contribution in [-0.2, 0) is 0 Å². The number of hydrogen-bond donors (Lipinski definition) is 1. The maximum atomic E-state index is 6.85. The minimum absolute atomic E-state index is 0.276. The van der Waals surface area contributed by atoms with Crippen LogP contribution in [0, 0.1) is 11.8 Å². The van der Waals surface area contributed by atoms with Gasteiger partial charge in [0, 0.05) is 11.6 Å². The fourth-order valence-corrected chi connectivity index (χ4v) is 4.79. The lowest BCUT2D eigenvalue weighted by Gasteiger charge is -2.49. The number of likely N-dealkylation sites (tertiary alicyclic amines) is 1. The average molecular weight is 266 g/mol. The largest absolute Gasteiger partial charge is 0.326 e. The number of nitrogens with zero attached hydrogens (tertiary/aromatic N) is 1. The Hall–Kier alpha value is -0.0800. The van der Waals surface area contributed by atoms with Crippen LogP contribution in [0.4, 0.5) is 0 Å². The Morgan fingerprint density at radius 2 is 1.74 bits per heavy atom. The lowest BCUT2D eigenvalue weighted by atomic mass is 9.70. The van der Waals surface area contributed by atoms with Crippen LogP contribution in [0.3, 0.4) is 0 Å². The van der Waals surface area contributed by atoms with Gasteiger partial charge in [0.1, 0.15) is 0 Å². The van der Waals surface area contributed by atoms with Gasteiger partial charge in [0.2, 0.25) is 0 Å². The van der Waals surface area contributed by atoms with Crippen molar-refractivity contribution in [1.82, 2.24) is 4.90 Å². The van der Waals surface area contributed by atoms with E-state index in [-0.39, 0.29) is 5.54 Å². The van der Waals surface area contributed by atoms with Gasteiger partial charge in [-0.15, -0.1) is 0 Å². The highest BCUT2D eigenvalue weighted by Crippen LogP contribution is 2.39. The Balaban J connectivity index is 2.12. The Kier molecular flexibility index (Phi) is 5.30. The van der Waals surface area contributed by atoms with Gasteiger partial charge in [-0.05, 0) is 63.5 Å². The lowest BCUT2D eigenvalue weighted by molar-refractivity contribution is 0.0404. The predicted octanol–water partition coefficient (Wildman–Crippen LogP) is 3.79. The van der Waals surface area contributed by atoms with Gasteiger partial charge in [-0.3, -0.25) is 4.90 Å². The zero-order valence-corrected chi connectivity index (χ0v) is 13.3. The molecule has 0 aromatic heterocycles. The van der Waals surface area contributed by atoms with E-state index in [1.807, 2.05) is 0 Å². The van der Waals surface area contributed by atoms with Gasteiger partial charge in [0.25, 0.3) is 0 Å². The van der Waals surface area contributed by atoms with Crippen LogP contribution in [0.15, 0.2) is 0 Å². The van der Waals surface area contributed by atoms with E-state index in [1.54, 1.807) is 0 Å². The van der Waals surface area contributed by atoms with Crippen LogP contribution < -0.4 is 5.73 Å². The molecule has 2 aliphatic rings. The third-order valence-electron chi connectivity index (χ3n) is 6.07. The maximum absolute atomic E-state index is 6.85. The van der Waals surface area contributed by atoms with E-state index in [0.717, 1.165) is 11.8 Å². The molecule has 2 N–H and O–H groups in total. The molecule has 112 valence electrons. The molecular weight excluding hydrogens is 232 g/mol. The first-order chi connectivity index (χ1) is 9.14. The molecule has 1 aliphatic heterocycles. The summed E-state index contributed by atoms with van der Waals surface area (Å²) in [5, 5.41) is 0. The zero-order valence-electron chi connectivity index (χ0n) is 13.3. The fraction of sp³-hybridized carbons (Fsp3) is 1.00. The summed E-state index contributed by atoms with van der Waals surface area (Å²) in [7, 11) is 0. The standard InChI is InChI=1S/C17H34N2/c1-4-17(5-2,19-11-6-7-12-19)16(18)15-10-8-9-14(3)13-15/h14-16H,4-13,18H2,1-3H3. The monoisotopic (exact) mass is 266 g/mol. The fourth-order valence-electron chi connectivity index (χ4n) is 4.79. The predicted molar refractivity (Wildman–Crippen MR) is 83.2 cm³/mol. The quantitative estimate of drug-likeness (QED) is 0.820. The molecule has 0 aromatic rings. The minimum atomic E-state index is 0.276. The van der Waals surface area contributed by atoms with Crippen molar-refractivity contribution in [1.29, 1.82) is 0 Å². The molecule has 0 spiro atoms. The summed E-state index contributed by atoms with van der Waals surface area (Å²) in [6.07, 6.45) is 10.7. The third-order valence-corrected chi connectivity index (χ3v) is 6.07.